The lowest BCUT2D eigenvalue weighted by Gasteiger charge is -2.26. The van der Waals surface area contributed by atoms with Crippen LogP contribution < -0.4 is 0 Å². The van der Waals surface area contributed by atoms with Gasteiger partial charge in [-0.3, -0.25) is 0 Å². The Morgan fingerprint density at radius 3 is 2.50 bits per heavy atom. The van der Waals surface area contributed by atoms with E-state index in [0.717, 1.165) is 5.56 Å². The Morgan fingerprint density at radius 1 is 1.25 bits per heavy atom. The molecule has 2 rings (SSSR count). The molecule has 0 radical (unpaired) electrons. The summed E-state index contributed by atoms with van der Waals surface area (Å²) in [6.07, 6.45) is -1.78. The van der Waals surface area contributed by atoms with Gasteiger partial charge in [0.1, 0.15) is 0 Å². The van der Waals surface area contributed by atoms with E-state index in [0.29, 0.717) is 19.4 Å². The van der Waals surface area contributed by atoms with E-state index in [1.54, 1.807) is 12.1 Å². The molecular formula is C12H14F2O2. The Kier molecular flexibility index (Phi) is 3.51. The molecule has 16 heavy (non-hydrogen) atoms. The van der Waals surface area contributed by atoms with Gasteiger partial charge < -0.3 is 9.84 Å². The van der Waals surface area contributed by atoms with Crippen molar-refractivity contribution in [1.82, 2.24) is 0 Å². The van der Waals surface area contributed by atoms with Crippen LogP contribution in [-0.4, -0.2) is 17.8 Å². The van der Waals surface area contributed by atoms with Crippen LogP contribution in [0.15, 0.2) is 24.3 Å². The van der Waals surface area contributed by atoms with Crippen LogP contribution in [0.2, 0.25) is 0 Å². The number of alkyl halides is 2. The molecular weight excluding hydrogens is 214 g/mol. The van der Waals surface area contributed by atoms with E-state index in [2.05, 4.69) is 0 Å². The van der Waals surface area contributed by atoms with Crippen LogP contribution in [0.3, 0.4) is 0 Å². The topological polar surface area (TPSA) is 29.5 Å². The molecule has 0 saturated carbocycles. The van der Waals surface area contributed by atoms with Crippen molar-refractivity contribution in [2.24, 2.45) is 0 Å². The van der Waals surface area contributed by atoms with Gasteiger partial charge in [0.2, 0.25) is 0 Å². The molecule has 2 unspecified atom stereocenters. The summed E-state index contributed by atoms with van der Waals surface area (Å²) in [5.41, 5.74) is 0.864. The van der Waals surface area contributed by atoms with E-state index in [-0.39, 0.29) is 17.8 Å². The van der Waals surface area contributed by atoms with Gasteiger partial charge in [0.05, 0.1) is 12.2 Å². The Labute approximate surface area is 92.9 Å². The lowest BCUT2D eigenvalue weighted by Crippen LogP contribution is -2.23. The average Bonchev–Trinajstić information content (AvgIpc) is 2.29. The lowest BCUT2D eigenvalue weighted by atomic mass is 9.98. The van der Waals surface area contributed by atoms with Crippen molar-refractivity contribution in [3.63, 3.8) is 0 Å². The molecule has 0 bridgehead atoms. The fourth-order valence-electron chi connectivity index (χ4n) is 1.87. The number of aliphatic hydroxyl groups excluding tert-OH is 1. The molecule has 0 amide bonds. The second-order valence-corrected chi connectivity index (χ2v) is 4.00. The van der Waals surface area contributed by atoms with Gasteiger partial charge in [0.25, 0.3) is 6.43 Å². The van der Waals surface area contributed by atoms with Crippen molar-refractivity contribution in [2.45, 2.75) is 31.5 Å². The van der Waals surface area contributed by atoms with Crippen LogP contribution in [0.5, 0.6) is 0 Å². The predicted molar refractivity (Wildman–Crippen MR) is 55.3 cm³/mol. The van der Waals surface area contributed by atoms with E-state index in [4.69, 9.17) is 4.74 Å². The summed E-state index contributed by atoms with van der Waals surface area (Å²) in [6, 6.07) is 6.10. The minimum Gasteiger partial charge on any atom is -0.393 e. The highest BCUT2D eigenvalue weighted by atomic mass is 19.3. The fraction of sp³-hybridized carbons (Fsp3) is 0.500. The van der Waals surface area contributed by atoms with Crippen LogP contribution in [0.25, 0.3) is 0 Å². The summed E-state index contributed by atoms with van der Waals surface area (Å²) in [5.74, 6) is 0. The lowest BCUT2D eigenvalue weighted by molar-refractivity contribution is -0.0448. The molecule has 1 aromatic carbocycles. The normalized spacial score (nSPS) is 26.0. The molecule has 1 saturated heterocycles. The number of hydrogen-bond donors (Lipinski definition) is 1. The number of ether oxygens (including phenoxy) is 1. The summed E-state index contributed by atoms with van der Waals surface area (Å²) < 4.78 is 30.2. The van der Waals surface area contributed by atoms with Crippen molar-refractivity contribution < 1.29 is 18.6 Å². The van der Waals surface area contributed by atoms with Crippen molar-refractivity contribution in [1.29, 1.82) is 0 Å². The summed E-state index contributed by atoms with van der Waals surface area (Å²) in [4.78, 5) is 0. The van der Waals surface area contributed by atoms with Gasteiger partial charge in [-0.2, -0.15) is 0 Å². The van der Waals surface area contributed by atoms with Crippen molar-refractivity contribution in [2.75, 3.05) is 6.61 Å². The van der Waals surface area contributed by atoms with E-state index in [1.165, 1.54) is 12.1 Å². The van der Waals surface area contributed by atoms with Crippen LogP contribution in [0.1, 0.15) is 36.5 Å². The summed E-state index contributed by atoms with van der Waals surface area (Å²) in [7, 11) is 0. The minimum atomic E-state index is -2.44. The van der Waals surface area contributed by atoms with Gasteiger partial charge in [0.15, 0.2) is 0 Å². The summed E-state index contributed by atoms with van der Waals surface area (Å²) >= 11 is 0. The third-order valence-electron chi connectivity index (χ3n) is 2.82. The quantitative estimate of drug-likeness (QED) is 0.843. The van der Waals surface area contributed by atoms with Crippen LogP contribution in [0.4, 0.5) is 8.78 Å². The molecule has 4 heteroatoms. The third-order valence-corrected chi connectivity index (χ3v) is 2.82. The smallest absolute Gasteiger partial charge is 0.263 e. The van der Waals surface area contributed by atoms with Crippen LogP contribution >= 0.6 is 0 Å². The van der Waals surface area contributed by atoms with Crippen LogP contribution in [-0.2, 0) is 4.74 Å². The first kappa shape index (κ1) is 11.5. The second kappa shape index (κ2) is 4.89. The second-order valence-electron chi connectivity index (χ2n) is 4.00. The first-order valence-corrected chi connectivity index (χ1v) is 5.34. The molecule has 1 aliphatic heterocycles. The van der Waals surface area contributed by atoms with E-state index in [1.807, 2.05) is 0 Å². The van der Waals surface area contributed by atoms with Crippen molar-refractivity contribution in [3.8, 4) is 0 Å². The Morgan fingerprint density at radius 2 is 1.94 bits per heavy atom. The third kappa shape index (κ3) is 2.57. The zero-order valence-electron chi connectivity index (χ0n) is 8.77. The average molecular weight is 228 g/mol. The largest absolute Gasteiger partial charge is 0.393 e. The number of halogens is 2. The maximum atomic E-state index is 12.3. The van der Waals surface area contributed by atoms with Crippen LogP contribution in [0, 0.1) is 0 Å². The first-order valence-electron chi connectivity index (χ1n) is 5.34. The van der Waals surface area contributed by atoms with Crippen molar-refractivity contribution in [3.05, 3.63) is 35.4 Å². The first-order chi connectivity index (χ1) is 7.66. The van der Waals surface area contributed by atoms with Gasteiger partial charge in [-0.25, -0.2) is 8.78 Å². The van der Waals surface area contributed by atoms with Crippen molar-refractivity contribution >= 4 is 0 Å². The zero-order valence-corrected chi connectivity index (χ0v) is 8.77. The monoisotopic (exact) mass is 228 g/mol. The summed E-state index contributed by atoms with van der Waals surface area (Å²) in [6.45, 7) is 0.516. The van der Waals surface area contributed by atoms with E-state index in [9.17, 15) is 13.9 Å². The predicted octanol–water partition coefficient (Wildman–Crippen LogP) is 2.84. The van der Waals surface area contributed by atoms with Gasteiger partial charge in [-0.15, -0.1) is 0 Å². The molecule has 0 spiro atoms. The molecule has 1 heterocycles. The molecule has 2 atom stereocenters. The Balaban J connectivity index is 2.09. The maximum absolute atomic E-state index is 12.3. The summed E-state index contributed by atoms with van der Waals surface area (Å²) in [5, 5.41) is 9.48. The van der Waals surface area contributed by atoms with Gasteiger partial charge >= 0.3 is 0 Å². The number of benzene rings is 1. The van der Waals surface area contributed by atoms with Gasteiger partial charge in [0, 0.05) is 18.6 Å². The molecule has 1 aromatic rings. The molecule has 1 aliphatic rings. The fourth-order valence-corrected chi connectivity index (χ4v) is 1.87. The number of hydrogen-bond acceptors (Lipinski definition) is 2. The minimum absolute atomic E-state index is 0.0140. The molecule has 88 valence electrons. The van der Waals surface area contributed by atoms with E-state index < -0.39 is 6.43 Å². The Bertz CT molecular complexity index is 337. The van der Waals surface area contributed by atoms with Gasteiger partial charge in [-0.1, -0.05) is 24.3 Å². The van der Waals surface area contributed by atoms with E-state index >= 15 is 0 Å². The molecule has 1 N–H and O–H groups in total. The highest BCUT2D eigenvalue weighted by Gasteiger charge is 2.22. The Hall–Kier alpha value is -1.00. The SMILES string of the molecule is OC1CCOC(c2ccc(C(F)F)cc2)C1. The molecule has 0 aliphatic carbocycles. The number of aliphatic hydroxyl groups is 1. The molecule has 1 fully saturated rings. The zero-order chi connectivity index (χ0) is 11.5. The highest BCUT2D eigenvalue weighted by Crippen LogP contribution is 2.29. The van der Waals surface area contributed by atoms with Gasteiger partial charge in [-0.05, 0) is 12.0 Å². The number of rotatable bonds is 2. The molecule has 2 nitrogen and oxygen atoms in total. The standard InChI is InChI=1S/C12H14F2O2/c13-12(14)9-3-1-8(2-4-9)11-7-10(15)5-6-16-11/h1-4,10-12,15H,5-7H2. The maximum Gasteiger partial charge on any atom is 0.263 e. The molecule has 0 aromatic heterocycles. The highest BCUT2D eigenvalue weighted by molar-refractivity contribution is 5.25.